The normalized spacial score (nSPS) is 11.0. The molecule has 1 N–H and O–H groups in total. The van der Waals surface area contributed by atoms with Gasteiger partial charge in [0.15, 0.2) is 11.0 Å². The second kappa shape index (κ2) is 10.3. The molecule has 7 nitrogen and oxygen atoms in total. The van der Waals surface area contributed by atoms with Crippen LogP contribution in [-0.2, 0) is 22.5 Å². The maximum absolute atomic E-state index is 12.7. The number of nitrogens with one attached hydrogen (secondary N) is 1. The minimum atomic E-state index is -0.465. The number of methoxy groups -OCH3 is 1. The number of carbonyl (C=O) groups excluding carboxylic acids is 2. The Bertz CT molecular complexity index is 1320. The maximum Gasteiger partial charge on any atom is 0.340 e. The summed E-state index contributed by atoms with van der Waals surface area (Å²) < 4.78 is 7.97. The largest absolute Gasteiger partial charge is 0.465 e. The van der Waals surface area contributed by atoms with Crippen molar-refractivity contribution in [3.8, 4) is 11.4 Å². The van der Waals surface area contributed by atoms with E-state index in [-0.39, 0.29) is 11.7 Å². The number of amides is 1. The van der Waals surface area contributed by atoms with Gasteiger partial charge in [0.05, 0.1) is 18.4 Å². The van der Waals surface area contributed by atoms with Crippen LogP contribution >= 0.6 is 34.4 Å². The van der Waals surface area contributed by atoms with Gasteiger partial charge in [-0.25, -0.2) is 4.79 Å². The molecule has 1 amide bonds. The molecule has 0 bridgehead atoms. The van der Waals surface area contributed by atoms with Crippen molar-refractivity contribution < 1.29 is 14.3 Å². The number of anilines is 1. The smallest absolute Gasteiger partial charge is 0.340 e. The molecule has 3 heterocycles. The first-order chi connectivity index (χ1) is 16.0. The first-order valence-electron chi connectivity index (χ1n) is 10.2. The van der Waals surface area contributed by atoms with Crippen molar-refractivity contribution >= 4 is 61.4 Å². The lowest BCUT2D eigenvalue weighted by molar-refractivity contribution is -0.113. The zero-order valence-electron chi connectivity index (χ0n) is 18.2. The highest BCUT2D eigenvalue weighted by atomic mass is 32.2. The fraction of sp³-hybridized carbons (Fsp3) is 0.217. The average Bonchev–Trinajstić information content (AvgIpc) is 3.54. The van der Waals surface area contributed by atoms with Gasteiger partial charge in [-0.3, -0.25) is 9.36 Å². The van der Waals surface area contributed by atoms with E-state index in [1.165, 1.54) is 34.9 Å². The van der Waals surface area contributed by atoms with Gasteiger partial charge in [0, 0.05) is 32.5 Å². The summed E-state index contributed by atoms with van der Waals surface area (Å²) >= 11 is 4.33. The van der Waals surface area contributed by atoms with Crippen LogP contribution in [0.15, 0.2) is 53.5 Å². The lowest BCUT2D eigenvalue weighted by Gasteiger charge is -2.08. The van der Waals surface area contributed by atoms with Crippen molar-refractivity contribution in [2.75, 3.05) is 18.2 Å². The van der Waals surface area contributed by atoms with Gasteiger partial charge in [0.1, 0.15) is 5.00 Å². The van der Waals surface area contributed by atoms with E-state index in [1.54, 1.807) is 23.5 Å². The van der Waals surface area contributed by atoms with Crippen molar-refractivity contribution in [3.05, 3.63) is 58.8 Å². The lowest BCUT2D eigenvalue weighted by Crippen LogP contribution is -2.16. The van der Waals surface area contributed by atoms with E-state index in [9.17, 15) is 9.59 Å². The Hall–Kier alpha value is -2.95. The van der Waals surface area contributed by atoms with Gasteiger partial charge in [-0.2, -0.15) is 0 Å². The van der Waals surface area contributed by atoms with Crippen molar-refractivity contribution in [1.82, 2.24) is 14.8 Å². The number of carbonyl (C=O) groups is 2. The fourth-order valence-corrected chi connectivity index (χ4v) is 5.99. The summed E-state index contributed by atoms with van der Waals surface area (Å²) in [5, 5.41) is 15.9. The highest BCUT2D eigenvalue weighted by Gasteiger charge is 2.20. The third-order valence-corrected chi connectivity index (χ3v) is 8.00. The Morgan fingerprint density at radius 2 is 2.12 bits per heavy atom. The maximum atomic E-state index is 12.7. The molecule has 0 saturated carbocycles. The number of nitrogens with zero attached hydrogens (tertiary/aromatic N) is 3. The molecule has 0 aliphatic carbocycles. The van der Waals surface area contributed by atoms with Crippen molar-refractivity contribution in [2.24, 2.45) is 0 Å². The second-order valence-electron chi connectivity index (χ2n) is 6.99. The predicted molar refractivity (Wildman–Crippen MR) is 135 cm³/mol. The first kappa shape index (κ1) is 23.2. The standard InChI is InChI=1S/C23H22N4O3S3/c1-4-10-27-20(17-12-31-18-9-7-6-8-15(17)18)25-26-23(27)32-13-19(28)24-21-16(22(29)30-3)11-14(5-2)33-21/h4,6-9,11-12H,1,5,10,13H2,2-3H3,(H,24,28). The first-order valence-corrected chi connectivity index (χ1v) is 12.9. The van der Waals surface area contributed by atoms with Crippen LogP contribution in [-0.4, -0.2) is 39.5 Å². The highest BCUT2D eigenvalue weighted by molar-refractivity contribution is 7.99. The number of aromatic nitrogens is 3. The summed E-state index contributed by atoms with van der Waals surface area (Å²) in [5.41, 5.74) is 1.38. The van der Waals surface area contributed by atoms with Crippen LogP contribution in [0.25, 0.3) is 21.5 Å². The molecule has 0 atom stereocenters. The molecule has 1 aromatic carbocycles. The molecule has 0 aliphatic rings. The third kappa shape index (κ3) is 4.87. The van der Waals surface area contributed by atoms with Gasteiger partial charge in [0.25, 0.3) is 0 Å². The van der Waals surface area contributed by atoms with Gasteiger partial charge in [-0.05, 0) is 18.6 Å². The van der Waals surface area contributed by atoms with E-state index >= 15 is 0 Å². The van der Waals surface area contributed by atoms with Crippen molar-refractivity contribution in [2.45, 2.75) is 25.0 Å². The summed E-state index contributed by atoms with van der Waals surface area (Å²) in [6.07, 6.45) is 2.55. The number of hydrogen-bond acceptors (Lipinski definition) is 8. The minimum absolute atomic E-state index is 0.125. The summed E-state index contributed by atoms with van der Waals surface area (Å²) in [4.78, 5) is 25.7. The molecular weight excluding hydrogens is 476 g/mol. The van der Waals surface area contributed by atoms with Crippen molar-refractivity contribution in [1.29, 1.82) is 0 Å². The Labute approximate surface area is 203 Å². The molecule has 3 aromatic heterocycles. The average molecular weight is 499 g/mol. The van der Waals surface area contributed by atoms with E-state index in [0.29, 0.717) is 22.3 Å². The number of ether oxygens (including phenoxy) is 1. The summed E-state index contributed by atoms with van der Waals surface area (Å²) in [6, 6.07) is 9.93. The number of benzene rings is 1. The van der Waals surface area contributed by atoms with Gasteiger partial charge in [0.2, 0.25) is 5.91 Å². The molecule has 0 saturated heterocycles. The predicted octanol–water partition coefficient (Wildman–Crippen LogP) is 5.49. The van der Waals surface area contributed by atoms with Gasteiger partial charge in [-0.1, -0.05) is 43.0 Å². The summed E-state index contributed by atoms with van der Waals surface area (Å²) in [7, 11) is 1.33. The molecule has 0 aliphatic heterocycles. The molecule has 4 aromatic rings. The van der Waals surface area contributed by atoms with E-state index in [2.05, 4.69) is 39.6 Å². The van der Waals surface area contributed by atoms with Crippen LogP contribution in [0, 0.1) is 0 Å². The monoisotopic (exact) mass is 498 g/mol. The quantitative estimate of drug-likeness (QED) is 0.187. The number of rotatable bonds is 9. The van der Waals surface area contributed by atoms with Crippen LogP contribution in [0.2, 0.25) is 0 Å². The molecule has 0 spiro atoms. The molecule has 4 rings (SSSR count). The van der Waals surface area contributed by atoms with Crippen molar-refractivity contribution in [3.63, 3.8) is 0 Å². The number of thioether (sulfide) groups is 1. The summed E-state index contributed by atoms with van der Waals surface area (Å²) in [6.45, 7) is 6.37. The molecule has 170 valence electrons. The van der Waals surface area contributed by atoms with Gasteiger partial charge < -0.3 is 10.1 Å². The Kier molecular flexibility index (Phi) is 7.26. The number of esters is 1. The van der Waals surface area contributed by atoms with E-state index < -0.39 is 5.97 Å². The third-order valence-electron chi connectivity index (χ3n) is 4.87. The Morgan fingerprint density at radius 1 is 1.30 bits per heavy atom. The van der Waals surface area contributed by atoms with Crippen LogP contribution in [0.5, 0.6) is 0 Å². The Balaban J connectivity index is 1.52. The number of fused-ring (bicyclic) bond motifs is 1. The highest BCUT2D eigenvalue weighted by Crippen LogP contribution is 2.34. The molecule has 33 heavy (non-hydrogen) atoms. The van der Waals surface area contributed by atoms with E-state index in [0.717, 1.165) is 28.1 Å². The van der Waals surface area contributed by atoms with Crippen LogP contribution in [0.4, 0.5) is 5.00 Å². The number of thiophene rings is 2. The van der Waals surface area contributed by atoms with Gasteiger partial charge >= 0.3 is 5.97 Å². The SMILES string of the molecule is C=CCn1c(SCC(=O)Nc2sc(CC)cc2C(=O)OC)nnc1-c1csc2ccccc12. The summed E-state index contributed by atoms with van der Waals surface area (Å²) in [5.74, 6) is 0.172. The van der Waals surface area contributed by atoms with E-state index in [1.807, 2.05) is 23.6 Å². The number of hydrogen-bond donors (Lipinski definition) is 1. The van der Waals surface area contributed by atoms with Gasteiger partial charge in [-0.15, -0.1) is 39.4 Å². The second-order valence-corrected chi connectivity index (χ2v) is 9.98. The fourth-order valence-electron chi connectivity index (χ4n) is 3.30. The van der Waals surface area contributed by atoms with Crippen LogP contribution in [0.1, 0.15) is 22.2 Å². The molecule has 0 fully saturated rings. The van der Waals surface area contributed by atoms with Crippen LogP contribution in [0.3, 0.4) is 0 Å². The molecular formula is C23H22N4O3S3. The topological polar surface area (TPSA) is 86.1 Å². The number of aryl methyl sites for hydroxylation is 1. The Morgan fingerprint density at radius 3 is 2.88 bits per heavy atom. The minimum Gasteiger partial charge on any atom is -0.465 e. The van der Waals surface area contributed by atoms with E-state index in [4.69, 9.17) is 4.74 Å². The molecule has 0 radical (unpaired) electrons. The lowest BCUT2D eigenvalue weighted by atomic mass is 10.1. The zero-order valence-corrected chi connectivity index (χ0v) is 20.6. The van der Waals surface area contributed by atoms with Crippen LogP contribution < -0.4 is 5.32 Å². The molecule has 10 heteroatoms. The zero-order chi connectivity index (χ0) is 23.4. The number of allylic oxidation sites excluding steroid dienone is 1. The molecule has 0 unspecified atom stereocenters.